The van der Waals surface area contributed by atoms with Crippen molar-refractivity contribution in [1.82, 2.24) is 4.42 Å². The van der Waals surface area contributed by atoms with Crippen molar-refractivity contribution in [2.45, 2.75) is 31.3 Å². The Balaban J connectivity index is 1.84. The van der Waals surface area contributed by atoms with Crippen LogP contribution in [-0.2, 0) is 4.79 Å². The molecule has 4 rings (SSSR count). The lowest BCUT2D eigenvalue weighted by molar-refractivity contribution is -0.139. The number of piperidine rings is 1. The van der Waals surface area contributed by atoms with Crippen LogP contribution in [0.15, 0.2) is 48.5 Å². The summed E-state index contributed by atoms with van der Waals surface area (Å²) in [6.07, 6.45) is 2.72. The number of rotatable bonds is 2. The van der Waals surface area contributed by atoms with E-state index in [1.165, 1.54) is 0 Å². The van der Waals surface area contributed by atoms with Gasteiger partial charge in [0.15, 0.2) is 0 Å². The lowest BCUT2D eigenvalue weighted by Crippen LogP contribution is -2.49. The summed E-state index contributed by atoms with van der Waals surface area (Å²) in [5.74, 6) is 0.0581. The molecule has 4 unspecified atom stereocenters. The summed E-state index contributed by atoms with van der Waals surface area (Å²) in [4.78, 5) is 13.2. The van der Waals surface area contributed by atoms with Crippen molar-refractivity contribution in [1.29, 1.82) is 0 Å². The SMILES string of the molecule is O=C1C2CCCC1C(c1ccccc1Cl)N(Cl)C2c1ccccc1Cl. The van der Waals surface area contributed by atoms with Gasteiger partial charge < -0.3 is 0 Å². The lowest BCUT2D eigenvalue weighted by atomic mass is 9.67. The average Bonchev–Trinajstić information content (AvgIpc) is 2.60. The number of hydrogen-bond acceptors (Lipinski definition) is 2. The summed E-state index contributed by atoms with van der Waals surface area (Å²) in [7, 11) is 0. The zero-order valence-electron chi connectivity index (χ0n) is 13.5. The molecule has 1 heterocycles. The van der Waals surface area contributed by atoms with Crippen molar-refractivity contribution in [3.8, 4) is 0 Å². The van der Waals surface area contributed by atoms with E-state index in [-0.39, 0.29) is 29.7 Å². The number of hydrogen-bond donors (Lipinski definition) is 0. The molecule has 2 aliphatic rings. The Morgan fingerprint density at radius 3 is 1.68 bits per heavy atom. The number of Topliss-reactive ketones (excluding diaryl/α,β-unsaturated/α-hetero) is 1. The first-order valence-corrected chi connectivity index (χ1v) is 9.65. The third-order valence-electron chi connectivity index (χ3n) is 5.50. The second-order valence-electron chi connectivity index (χ2n) is 6.82. The van der Waals surface area contributed by atoms with Gasteiger partial charge in [-0.25, -0.2) is 4.42 Å². The monoisotopic (exact) mass is 393 g/mol. The second kappa shape index (κ2) is 6.92. The van der Waals surface area contributed by atoms with Crippen LogP contribution in [-0.4, -0.2) is 10.2 Å². The van der Waals surface area contributed by atoms with Crippen molar-refractivity contribution in [2.24, 2.45) is 11.8 Å². The number of nitrogens with zero attached hydrogens (tertiary/aromatic N) is 1. The van der Waals surface area contributed by atoms with Crippen LogP contribution in [0.2, 0.25) is 10.0 Å². The van der Waals surface area contributed by atoms with Crippen LogP contribution in [0.25, 0.3) is 0 Å². The lowest BCUT2D eigenvalue weighted by Gasteiger charge is -2.49. The molecule has 2 bridgehead atoms. The highest BCUT2D eigenvalue weighted by molar-refractivity contribution is 6.32. The van der Waals surface area contributed by atoms with E-state index >= 15 is 0 Å². The molecule has 1 saturated carbocycles. The minimum atomic E-state index is -0.235. The second-order valence-corrected chi connectivity index (χ2v) is 8.03. The maximum atomic E-state index is 13.2. The summed E-state index contributed by atoms with van der Waals surface area (Å²) in [6.45, 7) is 0. The quantitative estimate of drug-likeness (QED) is 0.563. The molecule has 0 amide bonds. The van der Waals surface area contributed by atoms with E-state index in [1.54, 1.807) is 4.42 Å². The minimum Gasteiger partial charge on any atom is -0.299 e. The van der Waals surface area contributed by atoms with Gasteiger partial charge in [0, 0.05) is 21.9 Å². The molecule has 0 N–H and O–H groups in total. The highest BCUT2D eigenvalue weighted by Crippen LogP contribution is 2.54. The van der Waals surface area contributed by atoms with Gasteiger partial charge in [0.2, 0.25) is 0 Å². The number of benzene rings is 2. The highest BCUT2D eigenvalue weighted by Gasteiger charge is 2.51. The first-order valence-electron chi connectivity index (χ1n) is 8.56. The molecule has 1 aliphatic heterocycles. The standard InChI is InChI=1S/C20H18Cl3NO/c21-16-10-3-1-6-12(16)18-14-8-5-9-15(20(14)25)19(24(18)23)13-7-2-4-11-17(13)22/h1-4,6-7,10-11,14-15,18-19H,5,8-9H2. The van der Waals surface area contributed by atoms with Crippen LogP contribution >= 0.6 is 35.0 Å². The van der Waals surface area contributed by atoms with E-state index < -0.39 is 0 Å². The Hall–Kier alpha value is -1.06. The van der Waals surface area contributed by atoms with Gasteiger partial charge in [-0.15, -0.1) is 0 Å². The average molecular weight is 395 g/mol. The molecule has 2 aromatic rings. The molecule has 2 fully saturated rings. The fourth-order valence-electron chi connectivity index (χ4n) is 4.39. The van der Waals surface area contributed by atoms with E-state index in [2.05, 4.69) is 0 Å². The first-order chi connectivity index (χ1) is 12.1. The van der Waals surface area contributed by atoms with Crippen molar-refractivity contribution in [3.63, 3.8) is 0 Å². The van der Waals surface area contributed by atoms with E-state index in [9.17, 15) is 4.79 Å². The molecule has 2 aromatic carbocycles. The zero-order chi connectivity index (χ0) is 17.6. The summed E-state index contributed by atoms with van der Waals surface area (Å²) in [5.41, 5.74) is 1.82. The van der Waals surface area contributed by atoms with Crippen molar-refractivity contribution >= 4 is 40.8 Å². The normalized spacial score (nSPS) is 29.6. The van der Waals surface area contributed by atoms with Crippen LogP contribution in [0, 0.1) is 11.8 Å². The van der Waals surface area contributed by atoms with E-state index in [0.29, 0.717) is 10.0 Å². The Kier molecular flexibility index (Phi) is 4.81. The Labute approximate surface area is 162 Å². The third kappa shape index (κ3) is 2.90. The van der Waals surface area contributed by atoms with Gasteiger partial charge in [0.05, 0.1) is 12.1 Å². The predicted octanol–water partition coefficient (Wildman–Crippen LogP) is 6.23. The number of fused-ring (bicyclic) bond motifs is 2. The van der Waals surface area contributed by atoms with Crippen molar-refractivity contribution in [3.05, 3.63) is 69.7 Å². The summed E-state index contributed by atoms with van der Waals surface area (Å²) in [5, 5.41) is 1.29. The Morgan fingerprint density at radius 2 is 1.24 bits per heavy atom. The van der Waals surface area contributed by atoms with Gasteiger partial charge in [-0.2, -0.15) is 0 Å². The van der Waals surface area contributed by atoms with Crippen LogP contribution < -0.4 is 0 Å². The number of carbonyl (C=O) groups excluding carboxylic acids is 1. The van der Waals surface area contributed by atoms with Gasteiger partial charge in [-0.3, -0.25) is 4.79 Å². The molecular weight excluding hydrogens is 377 g/mol. The smallest absolute Gasteiger partial charge is 0.142 e. The molecule has 2 nitrogen and oxygen atoms in total. The number of halogens is 3. The van der Waals surface area contributed by atoms with Crippen LogP contribution in [0.5, 0.6) is 0 Å². The molecule has 0 aromatic heterocycles. The van der Waals surface area contributed by atoms with E-state index in [4.69, 9.17) is 35.0 Å². The van der Waals surface area contributed by atoms with E-state index in [1.807, 2.05) is 48.5 Å². The summed E-state index contributed by atoms with van der Waals surface area (Å²) >= 11 is 19.8. The first kappa shape index (κ1) is 17.4. The zero-order valence-corrected chi connectivity index (χ0v) is 15.8. The fraction of sp³-hybridized carbons (Fsp3) is 0.350. The molecular formula is C20H18Cl3NO. The fourth-order valence-corrected chi connectivity index (χ4v) is 5.37. The van der Waals surface area contributed by atoms with Crippen LogP contribution in [0.4, 0.5) is 0 Å². The topological polar surface area (TPSA) is 20.3 Å². The maximum absolute atomic E-state index is 13.2. The molecule has 5 heteroatoms. The van der Waals surface area contributed by atoms with Crippen molar-refractivity contribution < 1.29 is 4.79 Å². The number of ketones is 1. The minimum absolute atomic E-state index is 0.116. The van der Waals surface area contributed by atoms with Gasteiger partial charge in [-0.05, 0) is 47.9 Å². The van der Waals surface area contributed by atoms with Gasteiger partial charge >= 0.3 is 0 Å². The maximum Gasteiger partial charge on any atom is 0.142 e. The van der Waals surface area contributed by atoms with Crippen LogP contribution in [0.1, 0.15) is 42.5 Å². The third-order valence-corrected chi connectivity index (χ3v) is 6.61. The highest BCUT2D eigenvalue weighted by atomic mass is 35.5. The van der Waals surface area contributed by atoms with Gasteiger partial charge in [0.1, 0.15) is 5.78 Å². The Bertz CT molecular complexity index is 746. The Morgan fingerprint density at radius 1 is 0.800 bits per heavy atom. The molecule has 4 atom stereocenters. The van der Waals surface area contributed by atoms with Crippen molar-refractivity contribution in [2.75, 3.05) is 0 Å². The van der Waals surface area contributed by atoms with E-state index in [0.717, 1.165) is 30.4 Å². The molecule has 25 heavy (non-hydrogen) atoms. The summed E-state index contributed by atoms with van der Waals surface area (Å²) in [6, 6.07) is 14.8. The molecule has 0 spiro atoms. The van der Waals surface area contributed by atoms with Crippen LogP contribution in [0.3, 0.4) is 0 Å². The molecule has 0 radical (unpaired) electrons. The van der Waals surface area contributed by atoms with Gasteiger partial charge in [-0.1, -0.05) is 66.0 Å². The predicted molar refractivity (Wildman–Crippen MR) is 102 cm³/mol. The molecule has 1 saturated heterocycles. The molecule has 130 valence electrons. The van der Waals surface area contributed by atoms with Gasteiger partial charge in [0.25, 0.3) is 0 Å². The number of carbonyl (C=O) groups is 1. The molecule has 1 aliphatic carbocycles. The summed E-state index contributed by atoms with van der Waals surface area (Å²) < 4.78 is 1.80. The largest absolute Gasteiger partial charge is 0.299 e.